The average Bonchev–Trinajstić information content (AvgIpc) is 3.15. The maximum absolute atomic E-state index is 13.1. The fourth-order valence-electron chi connectivity index (χ4n) is 3.83. The van der Waals surface area contributed by atoms with Crippen molar-refractivity contribution in [2.75, 3.05) is 13.1 Å². The number of rotatable bonds is 6. The molecule has 0 saturated carbocycles. The van der Waals surface area contributed by atoms with Crippen molar-refractivity contribution in [3.05, 3.63) is 53.6 Å². The van der Waals surface area contributed by atoms with Crippen molar-refractivity contribution < 1.29 is 14.2 Å². The number of carbonyl (C=O) groups excluding carboxylic acids is 1. The first-order valence-electron chi connectivity index (χ1n) is 9.83. The topological polar surface area (TPSA) is 68.5 Å². The molecule has 2 heterocycles. The monoisotopic (exact) mass is 379 g/mol. The molecule has 3 aromatic rings. The third-order valence-corrected chi connectivity index (χ3v) is 5.09. The molecule has 0 aliphatic carbocycles. The Kier molecular flexibility index (Phi) is 5.39. The highest BCUT2D eigenvalue weighted by molar-refractivity contribution is 5.98. The molecule has 4 rings (SSSR count). The van der Waals surface area contributed by atoms with Gasteiger partial charge in [-0.05, 0) is 73.4 Å². The fraction of sp³-hybridized carbons (Fsp3) is 0.409. The van der Waals surface area contributed by atoms with Crippen molar-refractivity contribution in [1.29, 1.82) is 0 Å². The highest BCUT2D eigenvalue weighted by atomic mass is 16.6. The molecule has 1 saturated heterocycles. The van der Waals surface area contributed by atoms with Gasteiger partial charge >= 0.3 is 0 Å². The van der Waals surface area contributed by atoms with Crippen LogP contribution in [0.5, 0.6) is 5.75 Å². The van der Waals surface area contributed by atoms with Crippen molar-refractivity contribution in [3.8, 4) is 5.75 Å². The highest BCUT2D eigenvalue weighted by Crippen LogP contribution is 2.25. The molecular weight excluding hydrogens is 354 g/mol. The van der Waals surface area contributed by atoms with Crippen molar-refractivity contribution >= 4 is 16.8 Å². The highest BCUT2D eigenvalue weighted by Gasteiger charge is 2.27. The molecule has 6 heteroatoms. The van der Waals surface area contributed by atoms with Crippen molar-refractivity contribution in [3.63, 3.8) is 0 Å². The minimum Gasteiger partial charge on any atom is -0.491 e. The minimum absolute atomic E-state index is 0.0144. The number of piperidine rings is 1. The smallest absolute Gasteiger partial charge is 0.167 e. The summed E-state index contributed by atoms with van der Waals surface area (Å²) in [6, 6.07) is 13.5. The molecule has 1 fully saturated rings. The Balaban J connectivity index is 1.43. The molecule has 1 aromatic heterocycles. The molecule has 0 radical (unpaired) electrons. The first kappa shape index (κ1) is 18.6. The number of hydrogen-bond acceptors (Lipinski definition) is 6. The number of carbonyl (C=O) groups is 1. The number of aromatic nitrogens is 2. The summed E-state index contributed by atoms with van der Waals surface area (Å²) in [5.74, 6) is 0.971. The lowest BCUT2D eigenvalue weighted by Crippen LogP contribution is -2.38. The normalized spacial score (nSPS) is 17.9. The molecule has 0 bridgehead atoms. The summed E-state index contributed by atoms with van der Waals surface area (Å²) in [6.07, 6.45) is 2.04. The number of nitrogens with zero attached hydrogens (tertiary/aromatic N) is 3. The Hall–Kier alpha value is -2.73. The molecule has 1 atom stereocenters. The van der Waals surface area contributed by atoms with E-state index in [1.807, 2.05) is 56.3 Å². The van der Waals surface area contributed by atoms with Crippen LogP contribution >= 0.6 is 0 Å². The van der Waals surface area contributed by atoms with Gasteiger partial charge < -0.3 is 4.74 Å². The number of Topliss-reactive ketones (excluding diaryl/α,β-unsaturated/α-hetero) is 1. The van der Waals surface area contributed by atoms with Crippen molar-refractivity contribution in [2.45, 2.75) is 39.3 Å². The van der Waals surface area contributed by atoms with Crippen LogP contribution in [0.3, 0.4) is 0 Å². The van der Waals surface area contributed by atoms with E-state index in [4.69, 9.17) is 9.37 Å². The number of ether oxygens (including phenoxy) is 1. The second-order valence-electron chi connectivity index (χ2n) is 7.72. The predicted octanol–water partition coefficient (Wildman–Crippen LogP) is 4.10. The second-order valence-corrected chi connectivity index (χ2v) is 7.72. The number of fused-ring (bicyclic) bond motifs is 1. The molecule has 1 aliphatic rings. The van der Waals surface area contributed by atoms with Crippen molar-refractivity contribution in [2.24, 2.45) is 5.92 Å². The third kappa shape index (κ3) is 4.22. The standard InChI is InChI=1S/C22H25N3O3/c1-15(2)27-19-7-3-5-17(12-19)22(26)18-6-4-10-25(14-18)13-16-8-9-20-21(11-16)24-28-23-20/h3,5,7-9,11-12,15,18H,4,6,10,13-14H2,1-2H3/t18-/m1/s1. The van der Waals surface area contributed by atoms with Gasteiger partial charge in [0.05, 0.1) is 6.10 Å². The van der Waals surface area contributed by atoms with Gasteiger partial charge in [-0.3, -0.25) is 9.69 Å². The lowest BCUT2D eigenvalue weighted by molar-refractivity contribution is 0.0811. The average molecular weight is 379 g/mol. The van der Waals surface area contributed by atoms with E-state index in [1.165, 1.54) is 0 Å². The first-order valence-corrected chi connectivity index (χ1v) is 9.83. The zero-order valence-electron chi connectivity index (χ0n) is 16.3. The number of hydrogen-bond donors (Lipinski definition) is 0. The molecule has 2 aromatic carbocycles. The summed E-state index contributed by atoms with van der Waals surface area (Å²) < 4.78 is 10.5. The SMILES string of the molecule is CC(C)Oc1cccc(C(=O)[C@@H]2CCCN(Cc3ccc4nonc4c3)C2)c1. The Morgan fingerprint density at radius 1 is 1.21 bits per heavy atom. The summed E-state index contributed by atoms with van der Waals surface area (Å²) in [4.78, 5) is 15.4. The van der Waals surface area contributed by atoms with Crippen LogP contribution in [0.2, 0.25) is 0 Å². The van der Waals surface area contributed by atoms with Gasteiger partial charge in [-0.15, -0.1) is 0 Å². The molecule has 28 heavy (non-hydrogen) atoms. The van der Waals surface area contributed by atoms with Crippen LogP contribution < -0.4 is 4.74 Å². The molecular formula is C22H25N3O3. The van der Waals surface area contributed by atoms with Gasteiger partial charge in [0, 0.05) is 24.6 Å². The van der Waals surface area contributed by atoms with Gasteiger partial charge in [-0.25, -0.2) is 4.63 Å². The Morgan fingerprint density at radius 3 is 2.93 bits per heavy atom. The Morgan fingerprint density at radius 2 is 2.07 bits per heavy atom. The largest absolute Gasteiger partial charge is 0.491 e. The van der Waals surface area contributed by atoms with Crippen LogP contribution in [0.1, 0.15) is 42.6 Å². The summed E-state index contributed by atoms with van der Waals surface area (Å²) >= 11 is 0. The fourth-order valence-corrected chi connectivity index (χ4v) is 3.83. The number of likely N-dealkylation sites (tertiary alicyclic amines) is 1. The molecule has 146 valence electrons. The molecule has 0 amide bonds. The number of benzene rings is 2. The first-order chi connectivity index (χ1) is 13.6. The van der Waals surface area contributed by atoms with Gasteiger partial charge in [-0.1, -0.05) is 18.2 Å². The summed E-state index contributed by atoms with van der Waals surface area (Å²) in [5.41, 5.74) is 3.42. The van der Waals surface area contributed by atoms with Crippen LogP contribution in [-0.4, -0.2) is 40.2 Å². The second kappa shape index (κ2) is 8.10. The lowest BCUT2D eigenvalue weighted by atomic mass is 9.89. The van der Waals surface area contributed by atoms with E-state index in [-0.39, 0.29) is 17.8 Å². The van der Waals surface area contributed by atoms with E-state index in [0.717, 1.165) is 60.4 Å². The molecule has 0 spiro atoms. The quantitative estimate of drug-likeness (QED) is 0.601. The van der Waals surface area contributed by atoms with Crippen molar-refractivity contribution in [1.82, 2.24) is 15.2 Å². The van der Waals surface area contributed by atoms with Gasteiger partial charge in [-0.2, -0.15) is 0 Å². The molecule has 0 N–H and O–H groups in total. The Labute approximate surface area is 164 Å². The van der Waals surface area contributed by atoms with E-state index < -0.39 is 0 Å². The minimum atomic E-state index is 0.0144. The molecule has 1 aliphatic heterocycles. The van der Waals surface area contributed by atoms with Crippen LogP contribution in [0.4, 0.5) is 0 Å². The van der Waals surface area contributed by atoms with Gasteiger partial charge in [0.15, 0.2) is 5.78 Å². The maximum atomic E-state index is 13.1. The van der Waals surface area contributed by atoms with E-state index in [0.29, 0.717) is 0 Å². The molecule has 6 nitrogen and oxygen atoms in total. The van der Waals surface area contributed by atoms with E-state index in [2.05, 4.69) is 15.2 Å². The predicted molar refractivity (Wildman–Crippen MR) is 106 cm³/mol. The third-order valence-electron chi connectivity index (χ3n) is 5.09. The van der Waals surface area contributed by atoms with Gasteiger partial charge in [0.1, 0.15) is 16.8 Å². The van der Waals surface area contributed by atoms with E-state index in [1.54, 1.807) is 0 Å². The van der Waals surface area contributed by atoms with Crippen LogP contribution in [0.15, 0.2) is 47.1 Å². The summed E-state index contributed by atoms with van der Waals surface area (Å²) in [7, 11) is 0. The van der Waals surface area contributed by atoms with Crippen LogP contribution in [0.25, 0.3) is 11.0 Å². The zero-order valence-corrected chi connectivity index (χ0v) is 16.3. The number of ketones is 1. The van der Waals surface area contributed by atoms with E-state index >= 15 is 0 Å². The summed E-state index contributed by atoms with van der Waals surface area (Å²) in [5, 5.41) is 7.76. The van der Waals surface area contributed by atoms with Gasteiger partial charge in [0.25, 0.3) is 0 Å². The Bertz CT molecular complexity index is 966. The zero-order chi connectivity index (χ0) is 19.5. The van der Waals surface area contributed by atoms with Crippen LogP contribution in [-0.2, 0) is 6.54 Å². The lowest BCUT2D eigenvalue weighted by Gasteiger charge is -2.32. The van der Waals surface area contributed by atoms with Gasteiger partial charge in [0.2, 0.25) is 0 Å². The van der Waals surface area contributed by atoms with E-state index in [9.17, 15) is 4.79 Å². The maximum Gasteiger partial charge on any atom is 0.167 e. The van der Waals surface area contributed by atoms with Crippen LogP contribution in [0, 0.1) is 5.92 Å². The molecule has 0 unspecified atom stereocenters. The summed E-state index contributed by atoms with van der Waals surface area (Å²) in [6.45, 7) is 6.53.